The van der Waals surface area contributed by atoms with Gasteiger partial charge in [0.15, 0.2) is 0 Å². The molecule has 85 valence electrons. The van der Waals surface area contributed by atoms with Crippen molar-refractivity contribution in [1.82, 2.24) is 0 Å². The summed E-state index contributed by atoms with van der Waals surface area (Å²) < 4.78 is 24.7. The summed E-state index contributed by atoms with van der Waals surface area (Å²) in [7, 11) is 0. The summed E-state index contributed by atoms with van der Waals surface area (Å²) in [4.78, 5) is 4.97. The van der Waals surface area contributed by atoms with E-state index >= 15 is 0 Å². The van der Waals surface area contributed by atoms with Crippen molar-refractivity contribution >= 4 is 6.21 Å². The van der Waals surface area contributed by atoms with E-state index in [2.05, 4.69) is 11.4 Å². The summed E-state index contributed by atoms with van der Waals surface area (Å²) in [5.74, 6) is 0.437. The average molecular weight is 224 g/mol. The summed E-state index contributed by atoms with van der Waals surface area (Å²) in [5, 5.41) is 3.67. The Morgan fingerprint density at radius 2 is 2.25 bits per heavy atom. The van der Waals surface area contributed by atoms with Crippen LogP contribution in [-0.2, 0) is 11.4 Å². The second-order valence-corrected chi connectivity index (χ2v) is 3.81. The maximum atomic E-state index is 12.4. The molecule has 0 aromatic heterocycles. The highest BCUT2D eigenvalue weighted by atomic mass is 19.3. The molecule has 0 amide bonds. The van der Waals surface area contributed by atoms with E-state index in [1.54, 1.807) is 12.1 Å². The van der Waals surface area contributed by atoms with Crippen molar-refractivity contribution in [1.29, 1.82) is 0 Å². The lowest BCUT2D eigenvalue weighted by atomic mass is 10.1. The van der Waals surface area contributed by atoms with Crippen molar-refractivity contribution in [3.63, 3.8) is 0 Å². The molecule has 1 aromatic rings. The number of nitrogens with zero attached hydrogens (tertiary/aromatic N) is 1. The van der Waals surface area contributed by atoms with Crippen LogP contribution in [0.5, 0.6) is 0 Å². The zero-order valence-corrected chi connectivity index (χ0v) is 8.70. The van der Waals surface area contributed by atoms with Gasteiger partial charge in [-0.25, -0.2) is 8.78 Å². The van der Waals surface area contributed by atoms with Crippen LogP contribution in [0.4, 0.5) is 8.78 Å². The van der Waals surface area contributed by atoms with Crippen LogP contribution in [-0.4, -0.2) is 6.21 Å². The van der Waals surface area contributed by atoms with Crippen LogP contribution >= 0.6 is 0 Å². The van der Waals surface area contributed by atoms with Gasteiger partial charge >= 0.3 is 0 Å². The van der Waals surface area contributed by atoms with Gasteiger partial charge in [0.2, 0.25) is 0 Å². The third-order valence-corrected chi connectivity index (χ3v) is 2.31. The van der Waals surface area contributed by atoms with Crippen LogP contribution in [0.2, 0.25) is 0 Å². The molecule has 1 aliphatic rings. The van der Waals surface area contributed by atoms with E-state index in [-0.39, 0.29) is 12.2 Å². The van der Waals surface area contributed by atoms with Crippen LogP contribution in [0.25, 0.3) is 0 Å². The smallest absolute Gasteiger partial charge is 0.263 e. The molecular formula is C12H12F2NO. The molecule has 1 radical (unpaired) electrons. The minimum atomic E-state index is -2.44. The fourth-order valence-electron chi connectivity index (χ4n) is 1.25. The van der Waals surface area contributed by atoms with Gasteiger partial charge in [0.05, 0.1) is 0 Å². The standard InChI is InChI=1S/C12H12F2NO/c13-12(14)11-3-1-2-10(6-11)8-16-15-7-9-4-5-9/h1-3,6,9,12H,4-5,8H2. The number of halogens is 2. The number of rotatable bonds is 5. The monoisotopic (exact) mass is 224 g/mol. The summed E-state index contributed by atoms with van der Waals surface area (Å²) in [6.45, 7) is 0.209. The lowest BCUT2D eigenvalue weighted by molar-refractivity contribution is 0.130. The molecule has 2 nitrogen and oxygen atoms in total. The Kier molecular flexibility index (Phi) is 3.49. The molecule has 0 unspecified atom stereocenters. The van der Waals surface area contributed by atoms with Gasteiger partial charge in [-0.2, -0.15) is 0 Å². The van der Waals surface area contributed by atoms with Gasteiger partial charge in [0, 0.05) is 11.5 Å². The first-order chi connectivity index (χ1) is 7.75. The molecule has 0 saturated heterocycles. The first-order valence-corrected chi connectivity index (χ1v) is 5.20. The van der Waals surface area contributed by atoms with E-state index < -0.39 is 6.43 Å². The SMILES string of the molecule is FC(F)c1cccc(CO/N=[C]\C2CC2)c1. The summed E-state index contributed by atoms with van der Waals surface area (Å²) >= 11 is 0. The fourth-order valence-corrected chi connectivity index (χ4v) is 1.25. The fraction of sp³-hybridized carbons (Fsp3) is 0.417. The predicted molar refractivity (Wildman–Crippen MR) is 56.3 cm³/mol. The molecule has 0 N–H and O–H groups in total. The van der Waals surface area contributed by atoms with E-state index in [9.17, 15) is 8.78 Å². The third kappa shape index (κ3) is 3.29. The van der Waals surface area contributed by atoms with Gasteiger partial charge in [-0.05, 0) is 24.5 Å². The average Bonchev–Trinajstić information content (AvgIpc) is 3.09. The molecule has 0 spiro atoms. The summed E-state index contributed by atoms with van der Waals surface area (Å²) in [6, 6.07) is 6.15. The van der Waals surface area contributed by atoms with E-state index in [1.165, 1.54) is 12.1 Å². The molecular weight excluding hydrogens is 212 g/mol. The van der Waals surface area contributed by atoms with Crippen LogP contribution in [0.1, 0.15) is 30.4 Å². The lowest BCUT2D eigenvalue weighted by Gasteiger charge is -2.03. The van der Waals surface area contributed by atoms with E-state index in [4.69, 9.17) is 4.84 Å². The first-order valence-electron chi connectivity index (χ1n) is 5.20. The Morgan fingerprint density at radius 3 is 2.94 bits per heavy atom. The molecule has 0 bridgehead atoms. The van der Waals surface area contributed by atoms with Crippen molar-refractivity contribution in [3.05, 3.63) is 35.4 Å². The zero-order valence-electron chi connectivity index (χ0n) is 8.70. The molecule has 2 rings (SSSR count). The maximum absolute atomic E-state index is 12.4. The Morgan fingerprint density at radius 1 is 1.44 bits per heavy atom. The van der Waals surface area contributed by atoms with Crippen molar-refractivity contribution in [3.8, 4) is 0 Å². The highest BCUT2D eigenvalue weighted by molar-refractivity contribution is 5.62. The normalized spacial score (nSPS) is 15.9. The topological polar surface area (TPSA) is 21.6 Å². The van der Waals surface area contributed by atoms with Crippen LogP contribution in [0.15, 0.2) is 29.4 Å². The minimum Gasteiger partial charge on any atom is -0.391 e. The molecule has 1 fully saturated rings. The van der Waals surface area contributed by atoms with Crippen LogP contribution < -0.4 is 0 Å². The Labute approximate surface area is 92.9 Å². The van der Waals surface area contributed by atoms with Crippen molar-refractivity contribution in [2.45, 2.75) is 25.9 Å². The van der Waals surface area contributed by atoms with Gasteiger partial charge in [-0.1, -0.05) is 23.4 Å². The molecule has 0 heterocycles. The number of hydrogen-bond acceptors (Lipinski definition) is 2. The van der Waals surface area contributed by atoms with Gasteiger partial charge in [-0.3, -0.25) is 0 Å². The van der Waals surface area contributed by atoms with Crippen molar-refractivity contribution < 1.29 is 13.6 Å². The van der Waals surface area contributed by atoms with Crippen molar-refractivity contribution in [2.24, 2.45) is 11.1 Å². The molecule has 1 saturated carbocycles. The van der Waals surface area contributed by atoms with E-state index in [1.807, 2.05) is 0 Å². The van der Waals surface area contributed by atoms with Crippen LogP contribution in [0.3, 0.4) is 0 Å². The highest BCUT2D eigenvalue weighted by Crippen LogP contribution is 2.26. The van der Waals surface area contributed by atoms with Crippen LogP contribution in [0, 0.1) is 5.92 Å². The molecule has 1 aromatic carbocycles. The zero-order chi connectivity index (χ0) is 11.4. The lowest BCUT2D eigenvalue weighted by Crippen LogP contribution is -1.91. The third-order valence-electron chi connectivity index (χ3n) is 2.31. The van der Waals surface area contributed by atoms with Gasteiger partial charge in [-0.15, -0.1) is 0 Å². The van der Waals surface area contributed by atoms with Crippen molar-refractivity contribution in [2.75, 3.05) is 0 Å². The second kappa shape index (κ2) is 5.05. The predicted octanol–water partition coefficient (Wildman–Crippen LogP) is 3.41. The quantitative estimate of drug-likeness (QED) is 0.554. The molecule has 16 heavy (non-hydrogen) atoms. The van der Waals surface area contributed by atoms with Gasteiger partial charge in [0.25, 0.3) is 6.43 Å². The summed E-state index contributed by atoms with van der Waals surface area (Å²) in [5.41, 5.74) is 0.704. The Bertz CT molecular complexity index is 375. The van der Waals surface area contributed by atoms with E-state index in [0.29, 0.717) is 11.5 Å². The first kappa shape index (κ1) is 11.0. The Balaban J connectivity index is 1.85. The molecule has 4 heteroatoms. The second-order valence-electron chi connectivity index (χ2n) is 3.81. The van der Waals surface area contributed by atoms with Gasteiger partial charge in [0.1, 0.15) is 12.8 Å². The highest BCUT2D eigenvalue weighted by Gasteiger charge is 2.19. The molecule has 0 aliphatic heterocycles. The van der Waals surface area contributed by atoms with E-state index in [0.717, 1.165) is 12.8 Å². The number of hydrogen-bond donors (Lipinski definition) is 0. The molecule has 1 aliphatic carbocycles. The molecule has 0 atom stereocenters. The maximum Gasteiger partial charge on any atom is 0.263 e. The largest absolute Gasteiger partial charge is 0.391 e. The number of benzene rings is 1. The van der Waals surface area contributed by atoms with Gasteiger partial charge < -0.3 is 4.84 Å². The minimum absolute atomic E-state index is 0.0104. The Hall–Kier alpha value is -1.45. The summed E-state index contributed by atoms with van der Waals surface area (Å²) in [6.07, 6.45) is 2.61. The number of alkyl halides is 2.